The van der Waals surface area contributed by atoms with Gasteiger partial charge in [0.15, 0.2) is 5.82 Å². The summed E-state index contributed by atoms with van der Waals surface area (Å²) in [4.78, 5) is 24.4. The van der Waals surface area contributed by atoms with Crippen molar-refractivity contribution < 1.29 is 14.0 Å². The number of furan rings is 1. The molecular formula is C22H18N6O3. The number of nitrogens with one attached hydrogen (secondary N) is 2. The van der Waals surface area contributed by atoms with Crippen molar-refractivity contribution in [3.05, 3.63) is 78.8 Å². The van der Waals surface area contributed by atoms with Crippen molar-refractivity contribution >= 4 is 35.0 Å². The third kappa shape index (κ3) is 4.73. The molecule has 0 bridgehead atoms. The van der Waals surface area contributed by atoms with Crippen LogP contribution in [0.5, 0.6) is 0 Å². The van der Waals surface area contributed by atoms with Gasteiger partial charge in [0.25, 0.3) is 5.91 Å². The number of benzene rings is 2. The molecule has 154 valence electrons. The predicted octanol–water partition coefficient (Wildman–Crippen LogP) is 3.53. The SMILES string of the molecule is CC(=O)Nc1ccc(NC(=O)/C(=C\c2ccco2)n2nnnc2-c2ccccc2)cc1. The first-order valence-corrected chi connectivity index (χ1v) is 9.38. The molecule has 2 amide bonds. The molecule has 0 radical (unpaired) electrons. The Bertz CT molecular complexity index is 1210. The van der Waals surface area contributed by atoms with Gasteiger partial charge in [0, 0.05) is 29.9 Å². The lowest BCUT2D eigenvalue weighted by atomic mass is 10.2. The summed E-state index contributed by atoms with van der Waals surface area (Å²) in [6.45, 7) is 1.43. The summed E-state index contributed by atoms with van der Waals surface area (Å²) in [7, 11) is 0. The Morgan fingerprint density at radius 3 is 2.29 bits per heavy atom. The van der Waals surface area contributed by atoms with Gasteiger partial charge in [-0.1, -0.05) is 30.3 Å². The molecule has 0 unspecified atom stereocenters. The fraction of sp³-hybridized carbons (Fsp3) is 0.0455. The lowest BCUT2D eigenvalue weighted by Crippen LogP contribution is -2.19. The molecule has 0 saturated carbocycles. The quantitative estimate of drug-likeness (QED) is 0.467. The van der Waals surface area contributed by atoms with Crippen LogP contribution in [0.2, 0.25) is 0 Å². The van der Waals surface area contributed by atoms with E-state index in [0.717, 1.165) is 5.56 Å². The highest BCUT2D eigenvalue weighted by atomic mass is 16.3. The number of amides is 2. The maximum atomic E-state index is 13.2. The summed E-state index contributed by atoms with van der Waals surface area (Å²) >= 11 is 0. The summed E-state index contributed by atoms with van der Waals surface area (Å²) in [5.74, 6) is 0.274. The van der Waals surface area contributed by atoms with E-state index >= 15 is 0 Å². The lowest BCUT2D eigenvalue weighted by molar-refractivity contribution is -0.114. The molecule has 0 saturated heterocycles. The molecule has 31 heavy (non-hydrogen) atoms. The van der Waals surface area contributed by atoms with Crippen molar-refractivity contribution in [1.82, 2.24) is 20.2 Å². The van der Waals surface area contributed by atoms with E-state index in [1.807, 2.05) is 30.3 Å². The van der Waals surface area contributed by atoms with E-state index in [1.165, 1.54) is 17.9 Å². The van der Waals surface area contributed by atoms with Crippen LogP contribution in [-0.4, -0.2) is 32.0 Å². The fourth-order valence-corrected chi connectivity index (χ4v) is 2.88. The zero-order chi connectivity index (χ0) is 21.6. The second-order valence-corrected chi connectivity index (χ2v) is 6.54. The number of carbonyl (C=O) groups excluding carboxylic acids is 2. The van der Waals surface area contributed by atoms with Crippen LogP contribution in [0.1, 0.15) is 12.7 Å². The monoisotopic (exact) mass is 414 g/mol. The van der Waals surface area contributed by atoms with Gasteiger partial charge >= 0.3 is 0 Å². The normalized spacial score (nSPS) is 11.2. The highest BCUT2D eigenvalue weighted by Gasteiger charge is 2.20. The molecule has 2 heterocycles. The number of anilines is 2. The van der Waals surface area contributed by atoms with Crippen molar-refractivity contribution in [2.24, 2.45) is 0 Å². The van der Waals surface area contributed by atoms with Gasteiger partial charge in [-0.25, -0.2) is 0 Å². The van der Waals surface area contributed by atoms with Gasteiger partial charge in [-0.2, -0.15) is 4.68 Å². The van der Waals surface area contributed by atoms with E-state index in [1.54, 1.807) is 42.5 Å². The number of hydrogen-bond donors (Lipinski definition) is 2. The highest BCUT2D eigenvalue weighted by Crippen LogP contribution is 2.22. The molecule has 0 aliphatic heterocycles. The van der Waals surface area contributed by atoms with Crippen LogP contribution in [0.4, 0.5) is 11.4 Å². The Labute approximate surface area is 177 Å². The van der Waals surface area contributed by atoms with Crippen molar-refractivity contribution in [1.29, 1.82) is 0 Å². The zero-order valence-electron chi connectivity index (χ0n) is 16.5. The van der Waals surface area contributed by atoms with Gasteiger partial charge in [0.05, 0.1) is 6.26 Å². The topological polar surface area (TPSA) is 115 Å². The van der Waals surface area contributed by atoms with E-state index in [-0.39, 0.29) is 11.6 Å². The predicted molar refractivity (Wildman–Crippen MR) is 116 cm³/mol. The summed E-state index contributed by atoms with van der Waals surface area (Å²) in [6.07, 6.45) is 3.07. The third-order valence-corrected chi connectivity index (χ3v) is 4.25. The number of carbonyl (C=O) groups is 2. The van der Waals surface area contributed by atoms with Crippen LogP contribution in [-0.2, 0) is 9.59 Å². The van der Waals surface area contributed by atoms with Gasteiger partial charge in [0.2, 0.25) is 5.91 Å². The standard InChI is InChI=1S/C22H18N6O3/c1-15(29)23-17-9-11-18(12-10-17)24-22(30)20(14-19-8-5-13-31-19)28-21(25-26-27-28)16-6-3-2-4-7-16/h2-14H,1H3,(H,23,29)(H,24,30)/b20-14+. The van der Waals surface area contributed by atoms with Gasteiger partial charge in [0.1, 0.15) is 11.5 Å². The average Bonchev–Trinajstić information content (AvgIpc) is 3.45. The minimum absolute atomic E-state index is 0.171. The summed E-state index contributed by atoms with van der Waals surface area (Å²) < 4.78 is 6.74. The highest BCUT2D eigenvalue weighted by molar-refractivity contribution is 6.24. The zero-order valence-corrected chi connectivity index (χ0v) is 16.5. The van der Waals surface area contributed by atoms with Gasteiger partial charge in [-0.15, -0.1) is 5.10 Å². The van der Waals surface area contributed by atoms with Crippen LogP contribution in [0.3, 0.4) is 0 Å². The first-order valence-electron chi connectivity index (χ1n) is 9.38. The molecule has 4 aromatic rings. The Hall–Kier alpha value is -4.53. The van der Waals surface area contributed by atoms with Crippen molar-refractivity contribution in [2.75, 3.05) is 10.6 Å². The van der Waals surface area contributed by atoms with Crippen molar-refractivity contribution in [3.8, 4) is 11.4 Å². The van der Waals surface area contributed by atoms with Gasteiger partial charge in [-0.05, 0) is 46.8 Å². The van der Waals surface area contributed by atoms with Gasteiger partial charge < -0.3 is 15.1 Å². The van der Waals surface area contributed by atoms with Crippen LogP contribution < -0.4 is 10.6 Å². The van der Waals surface area contributed by atoms with Crippen molar-refractivity contribution in [2.45, 2.75) is 6.92 Å². The van der Waals surface area contributed by atoms with Crippen LogP contribution in [0.15, 0.2) is 77.4 Å². The van der Waals surface area contributed by atoms with Crippen LogP contribution in [0.25, 0.3) is 23.2 Å². The summed E-state index contributed by atoms with van der Waals surface area (Å²) in [5, 5.41) is 17.3. The maximum Gasteiger partial charge on any atom is 0.274 e. The molecule has 9 nitrogen and oxygen atoms in total. The van der Waals surface area contributed by atoms with E-state index in [2.05, 4.69) is 26.2 Å². The molecule has 9 heteroatoms. The van der Waals surface area contributed by atoms with Crippen molar-refractivity contribution in [3.63, 3.8) is 0 Å². The minimum Gasteiger partial charge on any atom is -0.465 e. The van der Waals surface area contributed by atoms with E-state index in [9.17, 15) is 9.59 Å². The molecule has 0 atom stereocenters. The molecule has 0 aliphatic rings. The Kier molecular flexibility index (Phi) is 5.66. The lowest BCUT2D eigenvalue weighted by Gasteiger charge is -2.11. The summed E-state index contributed by atoms with van der Waals surface area (Å²) in [5.41, 5.74) is 2.09. The largest absolute Gasteiger partial charge is 0.465 e. The second-order valence-electron chi connectivity index (χ2n) is 6.54. The molecule has 2 N–H and O–H groups in total. The molecular weight excluding hydrogens is 396 g/mol. The maximum absolute atomic E-state index is 13.2. The second kappa shape index (κ2) is 8.87. The molecule has 2 aromatic heterocycles. The summed E-state index contributed by atoms with van der Waals surface area (Å²) in [6, 6.07) is 19.5. The fourth-order valence-electron chi connectivity index (χ4n) is 2.88. The Morgan fingerprint density at radius 1 is 0.935 bits per heavy atom. The number of nitrogens with zero attached hydrogens (tertiary/aromatic N) is 4. The first kappa shape index (κ1) is 19.8. The van der Waals surface area contributed by atoms with E-state index in [0.29, 0.717) is 23.0 Å². The molecule has 4 rings (SSSR count). The number of hydrogen-bond acceptors (Lipinski definition) is 6. The van der Waals surface area contributed by atoms with Gasteiger partial charge in [-0.3, -0.25) is 9.59 Å². The van der Waals surface area contributed by atoms with E-state index < -0.39 is 5.91 Å². The van der Waals surface area contributed by atoms with Crippen LogP contribution >= 0.6 is 0 Å². The molecule has 2 aromatic carbocycles. The smallest absolute Gasteiger partial charge is 0.274 e. The Morgan fingerprint density at radius 2 is 1.65 bits per heavy atom. The number of rotatable bonds is 6. The Balaban J connectivity index is 1.66. The number of tetrazole rings is 1. The molecule has 0 fully saturated rings. The average molecular weight is 414 g/mol. The molecule has 0 spiro atoms. The molecule has 0 aliphatic carbocycles. The number of aromatic nitrogens is 4. The van der Waals surface area contributed by atoms with E-state index in [4.69, 9.17) is 4.42 Å². The minimum atomic E-state index is -0.437. The third-order valence-electron chi connectivity index (χ3n) is 4.25. The first-order chi connectivity index (χ1) is 15.1. The van der Waals surface area contributed by atoms with Crippen LogP contribution in [0, 0.1) is 0 Å².